The summed E-state index contributed by atoms with van der Waals surface area (Å²) >= 11 is 3.34. The Balaban J connectivity index is 2.07. The van der Waals surface area contributed by atoms with Crippen LogP contribution in [0, 0.1) is 0 Å². The number of amides is 1. The van der Waals surface area contributed by atoms with Crippen LogP contribution < -0.4 is 5.48 Å². The maximum Gasteiger partial charge on any atom is 0.264 e. The number of carbonyl (C=O) groups is 1. The topological polar surface area (TPSA) is 105 Å². The molecule has 2 rings (SSSR count). The second-order valence-electron chi connectivity index (χ2n) is 5.71. The Morgan fingerprint density at radius 1 is 1.43 bits per heavy atom. The molecular formula is C14H17BrN2O5S. The van der Waals surface area contributed by atoms with E-state index in [0.29, 0.717) is 12.1 Å². The lowest BCUT2D eigenvalue weighted by Gasteiger charge is -2.23. The second kappa shape index (κ2) is 6.58. The van der Waals surface area contributed by atoms with Crippen molar-refractivity contribution >= 4 is 37.4 Å². The zero-order valence-electron chi connectivity index (χ0n) is 12.6. The minimum Gasteiger partial charge on any atom is -0.391 e. The number of nitrogens with one attached hydrogen (secondary N) is 1. The predicted molar refractivity (Wildman–Crippen MR) is 88.0 cm³/mol. The Kier molecular flexibility index (Phi) is 5.12. The van der Waals surface area contributed by atoms with E-state index in [1.165, 1.54) is 19.3 Å². The largest absolute Gasteiger partial charge is 0.391 e. The molecular weight excluding hydrogens is 388 g/mol. The second-order valence-corrected chi connectivity index (χ2v) is 9.21. The molecule has 1 aromatic rings. The summed E-state index contributed by atoms with van der Waals surface area (Å²) in [5.41, 5.74) is 2.89. The maximum absolute atomic E-state index is 12.4. The summed E-state index contributed by atoms with van der Waals surface area (Å²) < 4.78 is 23.9. The minimum absolute atomic E-state index is 0.331. The van der Waals surface area contributed by atoms with E-state index in [1.54, 1.807) is 0 Å². The number of sulfone groups is 1. The third-order valence-electron chi connectivity index (χ3n) is 3.74. The smallest absolute Gasteiger partial charge is 0.264 e. The van der Waals surface area contributed by atoms with Crippen LogP contribution in [0.1, 0.15) is 25.8 Å². The van der Waals surface area contributed by atoms with Gasteiger partial charge in [-0.1, -0.05) is 33.2 Å². The van der Waals surface area contributed by atoms with Crippen LogP contribution in [-0.4, -0.2) is 41.8 Å². The summed E-state index contributed by atoms with van der Waals surface area (Å²) in [6.45, 7) is 2.47. The van der Waals surface area contributed by atoms with Crippen molar-refractivity contribution in [3.8, 4) is 0 Å². The molecule has 1 unspecified atom stereocenters. The Hall–Kier alpha value is -1.45. The molecule has 0 fully saturated rings. The SMILES string of the molecule is CC(C)(C(=O)NO)S(=O)(=O)CC1CC(c2ccc(Br)cc2)=NO1. The van der Waals surface area contributed by atoms with Gasteiger partial charge in [0.15, 0.2) is 9.84 Å². The molecule has 1 aromatic carbocycles. The first-order valence-electron chi connectivity index (χ1n) is 6.83. The highest BCUT2D eigenvalue weighted by Gasteiger charge is 2.44. The van der Waals surface area contributed by atoms with Gasteiger partial charge in [0.05, 0.1) is 11.5 Å². The van der Waals surface area contributed by atoms with E-state index in [4.69, 9.17) is 10.0 Å². The Morgan fingerprint density at radius 3 is 2.61 bits per heavy atom. The highest BCUT2D eigenvalue weighted by Crippen LogP contribution is 2.24. The Bertz CT molecular complexity index is 728. The number of rotatable bonds is 5. The molecule has 23 heavy (non-hydrogen) atoms. The Morgan fingerprint density at radius 2 is 2.04 bits per heavy atom. The van der Waals surface area contributed by atoms with E-state index in [2.05, 4.69) is 21.1 Å². The molecule has 1 atom stereocenters. The molecule has 1 heterocycles. The quantitative estimate of drug-likeness (QED) is 0.573. The van der Waals surface area contributed by atoms with Gasteiger partial charge in [-0.05, 0) is 31.5 Å². The summed E-state index contributed by atoms with van der Waals surface area (Å²) in [7, 11) is -3.84. The number of benzene rings is 1. The van der Waals surface area contributed by atoms with Crippen molar-refractivity contribution in [3.05, 3.63) is 34.3 Å². The molecule has 126 valence electrons. The molecule has 1 aliphatic heterocycles. The van der Waals surface area contributed by atoms with Gasteiger partial charge in [0.2, 0.25) is 0 Å². The van der Waals surface area contributed by atoms with E-state index in [1.807, 2.05) is 24.3 Å². The lowest BCUT2D eigenvalue weighted by Crippen LogP contribution is -2.49. The van der Waals surface area contributed by atoms with Crippen molar-refractivity contribution in [1.82, 2.24) is 5.48 Å². The van der Waals surface area contributed by atoms with E-state index in [9.17, 15) is 13.2 Å². The number of hydrogen-bond acceptors (Lipinski definition) is 6. The molecule has 9 heteroatoms. The summed E-state index contributed by atoms with van der Waals surface area (Å²) in [6.07, 6.45) is -0.332. The van der Waals surface area contributed by atoms with Gasteiger partial charge in [-0.25, -0.2) is 13.9 Å². The molecule has 0 aromatic heterocycles. The van der Waals surface area contributed by atoms with Crippen molar-refractivity contribution in [2.45, 2.75) is 31.1 Å². The highest BCUT2D eigenvalue weighted by molar-refractivity contribution is 9.10. The molecule has 0 aliphatic carbocycles. The average Bonchev–Trinajstić information content (AvgIpc) is 2.94. The van der Waals surface area contributed by atoms with Gasteiger partial charge in [0, 0.05) is 10.9 Å². The van der Waals surface area contributed by atoms with Gasteiger partial charge in [0.1, 0.15) is 10.9 Å². The van der Waals surface area contributed by atoms with E-state index in [-0.39, 0.29) is 5.75 Å². The van der Waals surface area contributed by atoms with Crippen molar-refractivity contribution in [2.24, 2.45) is 5.16 Å². The van der Waals surface area contributed by atoms with Crippen molar-refractivity contribution in [1.29, 1.82) is 0 Å². The Labute approximate surface area is 142 Å². The fraction of sp³-hybridized carbons (Fsp3) is 0.429. The van der Waals surface area contributed by atoms with Gasteiger partial charge >= 0.3 is 0 Å². The number of carbonyl (C=O) groups excluding carboxylic acids is 1. The van der Waals surface area contributed by atoms with E-state index >= 15 is 0 Å². The van der Waals surface area contributed by atoms with Gasteiger partial charge in [-0.3, -0.25) is 10.0 Å². The molecule has 1 aliphatic rings. The lowest BCUT2D eigenvalue weighted by atomic mass is 10.1. The van der Waals surface area contributed by atoms with Crippen LogP contribution in [0.15, 0.2) is 33.9 Å². The summed E-state index contributed by atoms with van der Waals surface area (Å²) in [6, 6.07) is 7.42. The van der Waals surface area contributed by atoms with Crippen LogP contribution in [0.2, 0.25) is 0 Å². The standard InChI is InChI=1S/C14H17BrN2O5S/c1-14(2,13(18)16-19)23(20,21)8-11-7-12(17-22-11)9-3-5-10(15)6-4-9/h3-6,11,19H,7-8H2,1-2H3,(H,16,18). The molecule has 0 spiro atoms. The van der Waals surface area contributed by atoms with Crippen LogP contribution in [0.25, 0.3) is 0 Å². The summed E-state index contributed by atoms with van der Waals surface area (Å²) in [5.74, 6) is -1.35. The van der Waals surface area contributed by atoms with Crippen LogP contribution in [-0.2, 0) is 19.5 Å². The van der Waals surface area contributed by atoms with E-state index in [0.717, 1.165) is 10.0 Å². The maximum atomic E-state index is 12.4. The van der Waals surface area contributed by atoms with Gasteiger partial charge < -0.3 is 4.84 Å². The number of hydrogen-bond donors (Lipinski definition) is 2. The van der Waals surface area contributed by atoms with Crippen LogP contribution in [0.3, 0.4) is 0 Å². The third kappa shape index (κ3) is 3.73. The summed E-state index contributed by atoms with van der Waals surface area (Å²) in [4.78, 5) is 16.8. The van der Waals surface area contributed by atoms with E-state index < -0.39 is 26.6 Å². The molecule has 2 N–H and O–H groups in total. The number of hydroxylamine groups is 1. The number of oxime groups is 1. The minimum atomic E-state index is -3.84. The molecule has 0 bridgehead atoms. The first-order chi connectivity index (χ1) is 10.7. The molecule has 0 saturated heterocycles. The van der Waals surface area contributed by atoms with Crippen LogP contribution in [0.4, 0.5) is 0 Å². The van der Waals surface area contributed by atoms with Crippen molar-refractivity contribution in [2.75, 3.05) is 5.75 Å². The lowest BCUT2D eigenvalue weighted by molar-refractivity contribution is -0.131. The number of nitrogens with zero attached hydrogens (tertiary/aromatic N) is 1. The molecule has 1 amide bonds. The summed E-state index contributed by atoms with van der Waals surface area (Å²) in [5, 5.41) is 12.6. The van der Waals surface area contributed by atoms with Crippen LogP contribution >= 0.6 is 15.9 Å². The fourth-order valence-corrected chi connectivity index (χ4v) is 3.74. The van der Waals surface area contributed by atoms with Gasteiger partial charge in [0.25, 0.3) is 5.91 Å². The molecule has 0 saturated carbocycles. The first-order valence-corrected chi connectivity index (χ1v) is 9.27. The molecule has 0 radical (unpaired) electrons. The monoisotopic (exact) mass is 404 g/mol. The molecule has 7 nitrogen and oxygen atoms in total. The highest BCUT2D eigenvalue weighted by atomic mass is 79.9. The average molecular weight is 405 g/mol. The predicted octanol–water partition coefficient (Wildman–Crippen LogP) is 1.64. The zero-order chi connectivity index (χ0) is 17.3. The van der Waals surface area contributed by atoms with Crippen LogP contribution in [0.5, 0.6) is 0 Å². The normalized spacial score (nSPS) is 18.3. The van der Waals surface area contributed by atoms with Crippen molar-refractivity contribution in [3.63, 3.8) is 0 Å². The zero-order valence-corrected chi connectivity index (χ0v) is 15.0. The number of halogens is 1. The fourth-order valence-electron chi connectivity index (χ4n) is 2.06. The third-order valence-corrected chi connectivity index (χ3v) is 6.82. The van der Waals surface area contributed by atoms with Gasteiger partial charge in [-0.15, -0.1) is 0 Å². The first kappa shape index (κ1) is 17.9. The van der Waals surface area contributed by atoms with Crippen molar-refractivity contribution < 1.29 is 23.3 Å². The van der Waals surface area contributed by atoms with Gasteiger partial charge in [-0.2, -0.15) is 0 Å².